The molecule has 1 aromatic carbocycles. The number of benzene rings is 1. The molecule has 0 saturated heterocycles. The molecule has 0 bridgehead atoms. The van der Waals surface area contributed by atoms with Crippen LogP contribution in [0.4, 0.5) is 0 Å². The van der Waals surface area contributed by atoms with Gasteiger partial charge in [0.05, 0.1) is 15.9 Å². The van der Waals surface area contributed by atoms with Gasteiger partial charge >= 0.3 is 0 Å². The highest BCUT2D eigenvalue weighted by atomic mass is 32.2. The van der Waals surface area contributed by atoms with Gasteiger partial charge in [0.1, 0.15) is 5.82 Å². The molecule has 3 rings (SSSR count). The standard InChI is InChI=1S/C12H15N3O2S/c1-8-13-11-7-10(5-6-12(11)15(8)2)18(16,17)14-9-3-4-9/h5-7,9,14H,3-4H2,1-2H3. The van der Waals surface area contributed by atoms with E-state index in [-0.39, 0.29) is 6.04 Å². The van der Waals surface area contributed by atoms with Crippen LogP contribution < -0.4 is 4.72 Å². The van der Waals surface area contributed by atoms with Crippen molar-refractivity contribution in [2.45, 2.75) is 30.7 Å². The zero-order valence-corrected chi connectivity index (χ0v) is 11.2. The largest absolute Gasteiger partial charge is 0.331 e. The van der Waals surface area contributed by atoms with Crippen molar-refractivity contribution in [3.63, 3.8) is 0 Å². The monoisotopic (exact) mass is 265 g/mol. The maximum atomic E-state index is 12.1. The van der Waals surface area contributed by atoms with Crippen LogP contribution in [-0.2, 0) is 17.1 Å². The lowest BCUT2D eigenvalue weighted by Crippen LogP contribution is -2.25. The lowest BCUT2D eigenvalue weighted by Gasteiger charge is -2.05. The second kappa shape index (κ2) is 3.80. The average molecular weight is 265 g/mol. The third-order valence-corrected chi connectivity index (χ3v) is 4.80. The van der Waals surface area contributed by atoms with Gasteiger partial charge < -0.3 is 4.57 Å². The number of sulfonamides is 1. The molecule has 1 aliphatic carbocycles. The summed E-state index contributed by atoms with van der Waals surface area (Å²) in [5, 5.41) is 0. The first-order valence-corrected chi connectivity index (χ1v) is 7.41. The van der Waals surface area contributed by atoms with Gasteiger partial charge in [0.25, 0.3) is 0 Å². The molecule has 18 heavy (non-hydrogen) atoms. The third kappa shape index (κ3) is 1.91. The second-order valence-electron chi connectivity index (χ2n) is 4.76. The fourth-order valence-corrected chi connectivity index (χ4v) is 3.28. The number of nitrogens with one attached hydrogen (secondary N) is 1. The Balaban J connectivity index is 2.07. The molecule has 6 heteroatoms. The van der Waals surface area contributed by atoms with E-state index in [1.807, 2.05) is 18.5 Å². The van der Waals surface area contributed by atoms with E-state index in [2.05, 4.69) is 9.71 Å². The van der Waals surface area contributed by atoms with Crippen molar-refractivity contribution in [3.8, 4) is 0 Å². The molecule has 1 heterocycles. The smallest absolute Gasteiger partial charge is 0.240 e. The summed E-state index contributed by atoms with van der Waals surface area (Å²) in [7, 11) is -1.47. The number of aromatic nitrogens is 2. The van der Waals surface area contributed by atoms with Gasteiger partial charge in [-0.25, -0.2) is 18.1 Å². The number of imidazole rings is 1. The van der Waals surface area contributed by atoms with E-state index in [1.165, 1.54) is 0 Å². The van der Waals surface area contributed by atoms with Crippen LogP contribution in [0.1, 0.15) is 18.7 Å². The van der Waals surface area contributed by atoms with E-state index in [0.717, 1.165) is 24.2 Å². The quantitative estimate of drug-likeness (QED) is 0.910. The van der Waals surface area contributed by atoms with Crippen LogP contribution in [0, 0.1) is 6.92 Å². The molecule has 2 aromatic rings. The van der Waals surface area contributed by atoms with E-state index < -0.39 is 10.0 Å². The average Bonchev–Trinajstić information content (AvgIpc) is 3.06. The summed E-state index contributed by atoms with van der Waals surface area (Å²) in [6, 6.07) is 5.19. The van der Waals surface area contributed by atoms with E-state index in [4.69, 9.17) is 0 Å². The Labute approximate surface area is 106 Å². The number of rotatable bonds is 3. The molecular weight excluding hydrogens is 250 g/mol. The van der Waals surface area contributed by atoms with E-state index >= 15 is 0 Å². The molecular formula is C12H15N3O2S. The van der Waals surface area contributed by atoms with Crippen molar-refractivity contribution in [1.82, 2.24) is 14.3 Å². The van der Waals surface area contributed by atoms with Crippen LogP contribution >= 0.6 is 0 Å². The fraction of sp³-hybridized carbons (Fsp3) is 0.417. The molecule has 0 unspecified atom stereocenters. The first-order chi connectivity index (χ1) is 8.47. The maximum absolute atomic E-state index is 12.1. The van der Waals surface area contributed by atoms with Gasteiger partial charge in [-0.15, -0.1) is 0 Å². The van der Waals surface area contributed by atoms with Crippen LogP contribution in [0.5, 0.6) is 0 Å². The summed E-state index contributed by atoms with van der Waals surface area (Å²) in [4.78, 5) is 4.64. The Bertz CT molecular complexity index is 714. The molecule has 1 fully saturated rings. The number of hydrogen-bond acceptors (Lipinski definition) is 3. The molecule has 96 valence electrons. The molecule has 0 spiro atoms. The van der Waals surface area contributed by atoms with Crippen molar-refractivity contribution in [1.29, 1.82) is 0 Å². The minimum atomic E-state index is -3.39. The number of nitrogens with zero attached hydrogens (tertiary/aromatic N) is 2. The summed E-state index contributed by atoms with van der Waals surface area (Å²) in [6.45, 7) is 1.90. The summed E-state index contributed by atoms with van der Waals surface area (Å²) >= 11 is 0. The van der Waals surface area contributed by atoms with Crippen LogP contribution in [-0.4, -0.2) is 24.0 Å². The minimum Gasteiger partial charge on any atom is -0.331 e. The van der Waals surface area contributed by atoms with E-state index in [1.54, 1.807) is 18.2 Å². The zero-order chi connectivity index (χ0) is 12.9. The van der Waals surface area contributed by atoms with Gasteiger partial charge in [0, 0.05) is 13.1 Å². The Morgan fingerprint density at radius 1 is 1.39 bits per heavy atom. The fourth-order valence-electron chi connectivity index (χ4n) is 1.96. The molecule has 1 N–H and O–H groups in total. The highest BCUT2D eigenvalue weighted by molar-refractivity contribution is 7.89. The van der Waals surface area contributed by atoms with Crippen LogP contribution in [0.15, 0.2) is 23.1 Å². The van der Waals surface area contributed by atoms with Crippen molar-refractivity contribution in [3.05, 3.63) is 24.0 Å². The maximum Gasteiger partial charge on any atom is 0.240 e. The lowest BCUT2D eigenvalue weighted by molar-refractivity contribution is 0.581. The number of hydrogen-bond donors (Lipinski definition) is 1. The predicted molar refractivity (Wildman–Crippen MR) is 68.8 cm³/mol. The molecule has 0 aliphatic heterocycles. The van der Waals surface area contributed by atoms with Crippen molar-refractivity contribution >= 4 is 21.1 Å². The Morgan fingerprint density at radius 3 is 2.78 bits per heavy atom. The Morgan fingerprint density at radius 2 is 2.11 bits per heavy atom. The Kier molecular flexibility index (Phi) is 2.46. The second-order valence-corrected chi connectivity index (χ2v) is 6.48. The van der Waals surface area contributed by atoms with Crippen LogP contribution in [0.3, 0.4) is 0 Å². The molecule has 0 radical (unpaired) electrons. The predicted octanol–water partition coefficient (Wildman–Crippen LogP) is 1.32. The molecule has 0 atom stereocenters. The SMILES string of the molecule is Cc1nc2cc(S(=O)(=O)NC3CC3)ccc2n1C. The molecule has 0 amide bonds. The summed E-state index contributed by atoms with van der Waals surface area (Å²) in [5.74, 6) is 0.870. The highest BCUT2D eigenvalue weighted by Gasteiger charge is 2.28. The third-order valence-electron chi connectivity index (χ3n) is 3.29. The first kappa shape index (κ1) is 11.7. The zero-order valence-electron chi connectivity index (χ0n) is 10.3. The van der Waals surface area contributed by atoms with Gasteiger partial charge in [0.2, 0.25) is 10.0 Å². The van der Waals surface area contributed by atoms with E-state index in [9.17, 15) is 8.42 Å². The molecule has 1 aliphatic rings. The molecule has 1 aromatic heterocycles. The van der Waals surface area contributed by atoms with E-state index in [0.29, 0.717) is 10.4 Å². The highest BCUT2D eigenvalue weighted by Crippen LogP contribution is 2.24. The lowest BCUT2D eigenvalue weighted by atomic mass is 10.3. The molecule has 5 nitrogen and oxygen atoms in total. The number of fused-ring (bicyclic) bond motifs is 1. The topological polar surface area (TPSA) is 64.0 Å². The van der Waals surface area contributed by atoms with Crippen LogP contribution in [0.2, 0.25) is 0 Å². The minimum absolute atomic E-state index is 0.121. The first-order valence-electron chi connectivity index (χ1n) is 5.93. The van der Waals surface area contributed by atoms with Gasteiger partial charge in [-0.2, -0.15) is 0 Å². The normalized spacial score (nSPS) is 16.3. The summed E-state index contributed by atoms with van der Waals surface area (Å²) in [6.07, 6.45) is 1.87. The van der Waals surface area contributed by atoms with Crippen molar-refractivity contribution in [2.24, 2.45) is 7.05 Å². The van der Waals surface area contributed by atoms with Gasteiger partial charge in [-0.05, 0) is 38.0 Å². The number of aryl methyl sites for hydroxylation is 2. The van der Waals surface area contributed by atoms with Gasteiger partial charge in [0.15, 0.2) is 0 Å². The van der Waals surface area contributed by atoms with Crippen LogP contribution in [0.25, 0.3) is 11.0 Å². The van der Waals surface area contributed by atoms with Gasteiger partial charge in [-0.3, -0.25) is 0 Å². The van der Waals surface area contributed by atoms with Crippen molar-refractivity contribution < 1.29 is 8.42 Å². The van der Waals surface area contributed by atoms with Crippen molar-refractivity contribution in [2.75, 3.05) is 0 Å². The van der Waals surface area contributed by atoms with Gasteiger partial charge in [-0.1, -0.05) is 0 Å². The molecule has 1 saturated carbocycles. The Hall–Kier alpha value is -1.40. The summed E-state index contributed by atoms with van der Waals surface area (Å²) < 4.78 is 28.8. The summed E-state index contributed by atoms with van der Waals surface area (Å²) in [5.41, 5.74) is 1.66.